The van der Waals surface area contributed by atoms with Crippen molar-refractivity contribution in [2.24, 2.45) is 0 Å². The molecule has 1 aliphatic carbocycles. The highest BCUT2D eigenvalue weighted by Crippen LogP contribution is 2.29. The Kier molecular flexibility index (Phi) is 24.9. The van der Waals surface area contributed by atoms with Crippen molar-refractivity contribution in [2.45, 2.75) is 154 Å². The van der Waals surface area contributed by atoms with E-state index < -0.39 is 0 Å². The summed E-state index contributed by atoms with van der Waals surface area (Å²) in [4.78, 5) is 22.1. The molecule has 0 radical (unpaired) electrons. The molecule has 0 heterocycles. The maximum Gasteiger partial charge on any atom is 0.330 e. The van der Waals surface area contributed by atoms with E-state index in [1.54, 1.807) is 0 Å². The molecule has 0 spiro atoms. The molecule has 4 aromatic carbocycles. The third-order valence-corrected chi connectivity index (χ3v) is 12.3. The van der Waals surface area contributed by atoms with Crippen molar-refractivity contribution in [1.82, 2.24) is 0 Å². The van der Waals surface area contributed by atoms with E-state index in [1.165, 1.54) is 123 Å². The van der Waals surface area contributed by atoms with Crippen LogP contribution < -0.4 is 9.47 Å². The smallest absolute Gasteiger partial charge is 0.330 e. The Bertz CT molecular complexity index is 1790. The SMILES string of the molecule is C=CC(=O)OCCCCCCCCCCOc1ccc(-c2ccc(CO[C@@H]3CCCC[C@H]3OCc3ccc(-c4ccc(OCCCCCCCCCCOC(=O)C=C)cc4)cc3)cc2)cc1. The van der Waals surface area contributed by atoms with Gasteiger partial charge in [-0.3, -0.25) is 0 Å². The van der Waals surface area contributed by atoms with Gasteiger partial charge >= 0.3 is 11.9 Å². The predicted molar refractivity (Wildman–Crippen MR) is 267 cm³/mol. The van der Waals surface area contributed by atoms with E-state index in [0.717, 1.165) is 76.1 Å². The van der Waals surface area contributed by atoms with Crippen LogP contribution in [0.15, 0.2) is 122 Å². The van der Waals surface area contributed by atoms with Crippen LogP contribution in [-0.4, -0.2) is 50.6 Å². The fourth-order valence-corrected chi connectivity index (χ4v) is 8.30. The van der Waals surface area contributed by atoms with Gasteiger partial charge in [-0.1, -0.05) is 176 Å². The highest BCUT2D eigenvalue weighted by atomic mass is 16.5. The molecule has 0 amide bonds. The lowest BCUT2D eigenvalue weighted by Crippen LogP contribution is -2.34. The number of hydrogen-bond acceptors (Lipinski definition) is 8. The maximum atomic E-state index is 11.1. The molecule has 1 fully saturated rings. The molecule has 5 rings (SSSR count). The number of carbonyl (C=O) groups excluding carboxylic acids is 2. The summed E-state index contributed by atoms with van der Waals surface area (Å²) in [6.07, 6.45) is 25.2. The summed E-state index contributed by atoms with van der Waals surface area (Å²) in [5.74, 6) is 1.16. The number of hydrogen-bond donors (Lipinski definition) is 0. The molecular weight excluding hydrogens is 825 g/mol. The largest absolute Gasteiger partial charge is 0.494 e. The first-order chi connectivity index (χ1) is 32.5. The monoisotopic (exact) mass is 901 g/mol. The van der Waals surface area contributed by atoms with E-state index >= 15 is 0 Å². The first-order valence-electron chi connectivity index (χ1n) is 25.0. The Morgan fingerprint density at radius 2 is 0.697 bits per heavy atom. The van der Waals surface area contributed by atoms with Gasteiger partial charge in [-0.2, -0.15) is 0 Å². The highest BCUT2D eigenvalue weighted by molar-refractivity contribution is 5.81. The number of benzene rings is 4. The Morgan fingerprint density at radius 3 is 1.02 bits per heavy atom. The Balaban J connectivity index is 0.914. The minimum absolute atomic E-state index is 0.0913. The van der Waals surface area contributed by atoms with Crippen LogP contribution in [0.4, 0.5) is 0 Å². The van der Waals surface area contributed by atoms with Gasteiger partial charge in [0, 0.05) is 12.2 Å². The van der Waals surface area contributed by atoms with E-state index in [0.29, 0.717) is 26.4 Å². The second-order valence-corrected chi connectivity index (χ2v) is 17.5. The molecule has 1 saturated carbocycles. The summed E-state index contributed by atoms with van der Waals surface area (Å²) in [7, 11) is 0. The van der Waals surface area contributed by atoms with Crippen LogP contribution in [0.5, 0.6) is 11.5 Å². The summed E-state index contributed by atoms with van der Waals surface area (Å²) in [5, 5.41) is 0. The zero-order valence-corrected chi connectivity index (χ0v) is 39.6. The first-order valence-corrected chi connectivity index (χ1v) is 25.0. The molecule has 8 nitrogen and oxygen atoms in total. The standard InChI is InChI=1S/C58H76O8/c1-3-57(59)63-43-21-15-11-7-5-9-13-19-41-61-53-37-33-51(34-38-53)49-29-25-47(26-30-49)45-65-55-23-17-18-24-56(55)66-46-48-27-31-50(32-28-48)52-35-39-54(40-36-52)62-42-20-14-10-6-8-12-16-22-44-64-58(60)4-2/h3-4,25-40,55-56H,1-2,5-24,41-46H2/t55-,56-/m1/s1. The second kappa shape index (κ2) is 31.7. The lowest BCUT2D eigenvalue weighted by Gasteiger charge is -2.31. The van der Waals surface area contributed by atoms with E-state index in [4.69, 9.17) is 28.4 Å². The van der Waals surface area contributed by atoms with Crippen LogP contribution >= 0.6 is 0 Å². The summed E-state index contributed by atoms with van der Waals surface area (Å²) < 4.78 is 35.1. The fraction of sp³-hybridized carbons (Fsp3) is 0.483. The third-order valence-electron chi connectivity index (χ3n) is 12.3. The summed E-state index contributed by atoms with van der Waals surface area (Å²) in [6, 6.07) is 34.2. The van der Waals surface area contributed by atoms with Gasteiger partial charge in [0.05, 0.1) is 51.8 Å². The topological polar surface area (TPSA) is 89.5 Å². The van der Waals surface area contributed by atoms with Crippen molar-refractivity contribution in [3.05, 3.63) is 133 Å². The van der Waals surface area contributed by atoms with Gasteiger partial charge in [-0.15, -0.1) is 0 Å². The highest BCUT2D eigenvalue weighted by Gasteiger charge is 2.26. The molecule has 0 bridgehead atoms. The molecule has 0 aliphatic heterocycles. The molecule has 0 saturated heterocycles. The predicted octanol–water partition coefficient (Wildman–Crippen LogP) is 14.5. The summed E-state index contributed by atoms with van der Waals surface area (Å²) in [5.41, 5.74) is 7.04. The quantitative estimate of drug-likeness (QED) is 0.0260. The first kappa shape index (κ1) is 51.8. The average molecular weight is 901 g/mol. The van der Waals surface area contributed by atoms with Crippen LogP contribution in [0.3, 0.4) is 0 Å². The Hall–Kier alpha value is -5.18. The molecule has 66 heavy (non-hydrogen) atoms. The van der Waals surface area contributed by atoms with E-state index in [9.17, 15) is 9.59 Å². The van der Waals surface area contributed by atoms with Crippen LogP contribution in [-0.2, 0) is 41.8 Å². The maximum absolute atomic E-state index is 11.1. The molecule has 0 aromatic heterocycles. The van der Waals surface area contributed by atoms with Crippen molar-refractivity contribution in [2.75, 3.05) is 26.4 Å². The lowest BCUT2D eigenvalue weighted by molar-refractivity contribution is -0.138. The van der Waals surface area contributed by atoms with Crippen LogP contribution in [0, 0.1) is 0 Å². The van der Waals surface area contributed by atoms with E-state index in [2.05, 4.69) is 110 Å². The van der Waals surface area contributed by atoms with Crippen LogP contribution in [0.2, 0.25) is 0 Å². The zero-order chi connectivity index (χ0) is 46.3. The summed E-state index contributed by atoms with van der Waals surface area (Å²) >= 11 is 0. The van der Waals surface area contributed by atoms with Gasteiger partial charge in [-0.25, -0.2) is 9.59 Å². The Labute approximate surface area is 396 Å². The average Bonchev–Trinajstić information content (AvgIpc) is 3.36. The number of rotatable bonds is 34. The van der Waals surface area contributed by atoms with Crippen molar-refractivity contribution in [3.8, 4) is 33.8 Å². The van der Waals surface area contributed by atoms with Gasteiger partial charge in [0.25, 0.3) is 0 Å². The number of esters is 2. The molecule has 2 atom stereocenters. The zero-order valence-electron chi connectivity index (χ0n) is 39.6. The summed E-state index contributed by atoms with van der Waals surface area (Å²) in [6.45, 7) is 10.4. The van der Waals surface area contributed by atoms with E-state index in [-0.39, 0.29) is 24.1 Å². The molecule has 0 unspecified atom stereocenters. The minimum atomic E-state index is -0.334. The van der Waals surface area contributed by atoms with Gasteiger partial charge < -0.3 is 28.4 Å². The molecule has 1 aliphatic rings. The number of unbranched alkanes of at least 4 members (excludes halogenated alkanes) is 14. The number of carbonyl (C=O) groups is 2. The van der Waals surface area contributed by atoms with Crippen LogP contribution in [0.1, 0.15) is 140 Å². The van der Waals surface area contributed by atoms with Gasteiger partial charge in [0.15, 0.2) is 0 Å². The minimum Gasteiger partial charge on any atom is -0.494 e. The van der Waals surface area contributed by atoms with Crippen molar-refractivity contribution < 1.29 is 38.0 Å². The van der Waals surface area contributed by atoms with Gasteiger partial charge in [0.2, 0.25) is 0 Å². The molecule has 0 N–H and O–H groups in total. The van der Waals surface area contributed by atoms with Gasteiger partial charge in [0.1, 0.15) is 11.5 Å². The normalized spacial score (nSPS) is 14.6. The number of ether oxygens (including phenoxy) is 6. The third kappa shape index (κ3) is 20.6. The lowest BCUT2D eigenvalue weighted by atomic mass is 9.94. The van der Waals surface area contributed by atoms with Crippen molar-refractivity contribution >= 4 is 11.9 Å². The van der Waals surface area contributed by atoms with Crippen molar-refractivity contribution in [1.29, 1.82) is 0 Å². The molecular formula is C58H76O8. The van der Waals surface area contributed by atoms with Crippen molar-refractivity contribution in [3.63, 3.8) is 0 Å². The Morgan fingerprint density at radius 1 is 0.409 bits per heavy atom. The fourth-order valence-electron chi connectivity index (χ4n) is 8.30. The second-order valence-electron chi connectivity index (χ2n) is 17.5. The molecule has 356 valence electrons. The van der Waals surface area contributed by atoms with E-state index in [1.807, 2.05) is 0 Å². The van der Waals surface area contributed by atoms with Crippen LogP contribution in [0.25, 0.3) is 22.3 Å². The van der Waals surface area contributed by atoms with Gasteiger partial charge in [-0.05, 0) is 96.2 Å². The molecule has 4 aromatic rings. The molecule has 8 heteroatoms.